The van der Waals surface area contributed by atoms with E-state index in [1.165, 1.54) is 31.5 Å². The zero-order valence-electron chi connectivity index (χ0n) is 13.9. The maximum atomic E-state index is 4.38. The highest BCUT2D eigenvalue weighted by molar-refractivity contribution is 7.20. The lowest BCUT2D eigenvalue weighted by atomic mass is 10.1. The van der Waals surface area contributed by atoms with Gasteiger partial charge in [-0.1, -0.05) is 24.3 Å². The molecule has 1 aliphatic rings. The summed E-state index contributed by atoms with van der Waals surface area (Å²) in [5, 5.41) is 2.60. The summed E-state index contributed by atoms with van der Waals surface area (Å²) < 4.78 is 1.38. The van der Waals surface area contributed by atoms with E-state index in [2.05, 4.69) is 63.5 Å². The number of aromatic amines is 1. The summed E-state index contributed by atoms with van der Waals surface area (Å²) >= 11 is 1.91. The number of fused-ring (bicyclic) bond motifs is 2. The minimum absolute atomic E-state index is 0.974. The number of thiophene rings is 1. The standard InChI is InChI=1S/C21H19N3S/c1-2-6-19-16(4-1)12-20(25-19)15-7-10-24(11-8-15)14-17-13-23-21-18(17)5-3-9-22-21/h1-7,9,12-13H,8,10-11,14H2,(H,22,23). The molecule has 0 saturated carbocycles. The predicted molar refractivity (Wildman–Crippen MR) is 106 cm³/mol. The number of hydrogen-bond acceptors (Lipinski definition) is 3. The van der Waals surface area contributed by atoms with E-state index in [9.17, 15) is 0 Å². The molecule has 0 fully saturated rings. The van der Waals surface area contributed by atoms with E-state index in [1.807, 2.05) is 23.6 Å². The van der Waals surface area contributed by atoms with E-state index in [0.717, 1.165) is 31.7 Å². The molecule has 124 valence electrons. The molecular formula is C21H19N3S. The van der Waals surface area contributed by atoms with Gasteiger partial charge in [-0.2, -0.15) is 0 Å². The normalized spacial score (nSPS) is 15.8. The van der Waals surface area contributed by atoms with Gasteiger partial charge in [-0.15, -0.1) is 11.3 Å². The van der Waals surface area contributed by atoms with Crippen molar-refractivity contribution in [2.45, 2.75) is 13.0 Å². The van der Waals surface area contributed by atoms with Crippen LogP contribution in [-0.2, 0) is 6.54 Å². The Morgan fingerprint density at radius 3 is 3.00 bits per heavy atom. The molecule has 25 heavy (non-hydrogen) atoms. The van der Waals surface area contributed by atoms with Crippen molar-refractivity contribution < 1.29 is 0 Å². The fourth-order valence-electron chi connectivity index (χ4n) is 3.60. The number of aromatic nitrogens is 2. The van der Waals surface area contributed by atoms with Crippen LogP contribution in [0.1, 0.15) is 16.9 Å². The third-order valence-corrected chi connectivity index (χ3v) is 6.16. The fourth-order valence-corrected chi connectivity index (χ4v) is 4.73. The lowest BCUT2D eigenvalue weighted by molar-refractivity contribution is 0.295. The SMILES string of the molecule is C1=C(c2cc3ccccc3s2)CCN(Cc2c[nH]c3ncccc23)C1. The average molecular weight is 345 g/mol. The minimum Gasteiger partial charge on any atom is -0.346 e. The van der Waals surface area contributed by atoms with Crippen LogP contribution in [0.5, 0.6) is 0 Å². The van der Waals surface area contributed by atoms with Gasteiger partial charge in [0.05, 0.1) is 0 Å². The molecule has 0 unspecified atom stereocenters. The van der Waals surface area contributed by atoms with Crippen molar-refractivity contribution in [3.63, 3.8) is 0 Å². The Bertz CT molecular complexity index is 1040. The van der Waals surface area contributed by atoms with Crippen molar-refractivity contribution >= 4 is 38.0 Å². The van der Waals surface area contributed by atoms with E-state index in [1.54, 1.807) is 0 Å². The number of pyridine rings is 1. The largest absolute Gasteiger partial charge is 0.346 e. The number of rotatable bonds is 3. The van der Waals surface area contributed by atoms with Crippen LogP contribution >= 0.6 is 11.3 Å². The van der Waals surface area contributed by atoms with Gasteiger partial charge in [0.15, 0.2) is 0 Å². The van der Waals surface area contributed by atoms with Gasteiger partial charge >= 0.3 is 0 Å². The molecule has 4 heteroatoms. The van der Waals surface area contributed by atoms with E-state index in [4.69, 9.17) is 0 Å². The first-order valence-electron chi connectivity index (χ1n) is 8.68. The first-order chi connectivity index (χ1) is 12.4. The third-order valence-electron chi connectivity index (χ3n) is 4.97. The summed E-state index contributed by atoms with van der Waals surface area (Å²) in [5.41, 5.74) is 3.82. The molecule has 4 heterocycles. The molecule has 0 atom stereocenters. The van der Waals surface area contributed by atoms with Crippen molar-refractivity contribution in [2.24, 2.45) is 0 Å². The molecule has 1 aromatic carbocycles. The van der Waals surface area contributed by atoms with Gasteiger partial charge in [-0.25, -0.2) is 4.98 Å². The Balaban J connectivity index is 1.34. The molecule has 0 spiro atoms. The van der Waals surface area contributed by atoms with Gasteiger partial charge in [-0.05, 0) is 47.2 Å². The van der Waals surface area contributed by atoms with Crippen LogP contribution in [0, 0.1) is 0 Å². The minimum atomic E-state index is 0.974. The molecule has 0 bridgehead atoms. The number of nitrogens with zero attached hydrogens (tertiary/aromatic N) is 2. The summed E-state index contributed by atoms with van der Waals surface area (Å²) in [6.45, 7) is 3.09. The average Bonchev–Trinajstić information content (AvgIpc) is 3.27. The zero-order valence-corrected chi connectivity index (χ0v) is 14.7. The first kappa shape index (κ1) is 14.9. The van der Waals surface area contributed by atoms with Crippen LogP contribution in [-0.4, -0.2) is 28.0 Å². The summed E-state index contributed by atoms with van der Waals surface area (Å²) in [7, 11) is 0. The molecule has 0 amide bonds. The van der Waals surface area contributed by atoms with Crippen molar-refractivity contribution in [2.75, 3.05) is 13.1 Å². The molecular weight excluding hydrogens is 326 g/mol. The number of hydrogen-bond donors (Lipinski definition) is 1. The number of benzene rings is 1. The second-order valence-electron chi connectivity index (χ2n) is 6.58. The Morgan fingerprint density at radius 2 is 2.12 bits per heavy atom. The number of H-pyrrole nitrogens is 1. The van der Waals surface area contributed by atoms with Crippen LogP contribution in [0.3, 0.4) is 0 Å². The fraction of sp³-hybridized carbons (Fsp3) is 0.190. The monoisotopic (exact) mass is 345 g/mol. The number of nitrogens with one attached hydrogen (secondary N) is 1. The van der Waals surface area contributed by atoms with Crippen LogP contribution in [0.2, 0.25) is 0 Å². The lowest BCUT2D eigenvalue weighted by Crippen LogP contribution is -2.27. The van der Waals surface area contributed by atoms with Crippen LogP contribution in [0.4, 0.5) is 0 Å². The molecule has 0 radical (unpaired) electrons. The van der Waals surface area contributed by atoms with E-state index < -0.39 is 0 Å². The second-order valence-corrected chi connectivity index (χ2v) is 7.66. The lowest BCUT2D eigenvalue weighted by Gasteiger charge is -2.25. The molecule has 0 saturated heterocycles. The topological polar surface area (TPSA) is 31.9 Å². The maximum absolute atomic E-state index is 4.38. The molecule has 1 N–H and O–H groups in total. The first-order valence-corrected chi connectivity index (χ1v) is 9.50. The third kappa shape index (κ3) is 2.77. The summed E-state index contributed by atoms with van der Waals surface area (Å²) in [4.78, 5) is 11.6. The van der Waals surface area contributed by atoms with Gasteiger partial charge in [0.2, 0.25) is 0 Å². The smallest absolute Gasteiger partial charge is 0.137 e. The molecule has 4 aromatic rings. The van der Waals surface area contributed by atoms with Crippen molar-refractivity contribution in [1.82, 2.24) is 14.9 Å². The molecule has 5 rings (SSSR count). The van der Waals surface area contributed by atoms with Crippen LogP contribution in [0.15, 0.2) is 60.9 Å². The maximum Gasteiger partial charge on any atom is 0.137 e. The molecule has 3 nitrogen and oxygen atoms in total. The van der Waals surface area contributed by atoms with Gasteiger partial charge in [0.25, 0.3) is 0 Å². The van der Waals surface area contributed by atoms with Gasteiger partial charge in [0.1, 0.15) is 5.65 Å². The Morgan fingerprint density at radius 1 is 1.16 bits per heavy atom. The summed E-state index contributed by atoms with van der Waals surface area (Å²) in [6.07, 6.45) is 7.46. The van der Waals surface area contributed by atoms with Gasteiger partial charge < -0.3 is 4.98 Å². The van der Waals surface area contributed by atoms with Crippen molar-refractivity contribution in [3.8, 4) is 0 Å². The molecule has 3 aromatic heterocycles. The zero-order chi connectivity index (χ0) is 16.6. The molecule has 1 aliphatic heterocycles. The highest BCUT2D eigenvalue weighted by Gasteiger charge is 2.16. The van der Waals surface area contributed by atoms with Crippen molar-refractivity contribution in [1.29, 1.82) is 0 Å². The summed E-state index contributed by atoms with van der Waals surface area (Å²) in [5.74, 6) is 0. The Labute approximate surface area is 150 Å². The van der Waals surface area contributed by atoms with E-state index >= 15 is 0 Å². The van der Waals surface area contributed by atoms with Crippen molar-refractivity contribution in [3.05, 3.63) is 71.4 Å². The predicted octanol–water partition coefficient (Wildman–Crippen LogP) is 5.07. The van der Waals surface area contributed by atoms with E-state index in [-0.39, 0.29) is 0 Å². The van der Waals surface area contributed by atoms with Crippen LogP contribution in [0.25, 0.3) is 26.7 Å². The second kappa shape index (κ2) is 6.14. The Hall–Kier alpha value is -2.43. The van der Waals surface area contributed by atoms with E-state index in [0.29, 0.717) is 0 Å². The summed E-state index contributed by atoms with van der Waals surface area (Å²) in [6, 6.07) is 15.2. The van der Waals surface area contributed by atoms with Crippen LogP contribution < -0.4 is 0 Å². The van der Waals surface area contributed by atoms with Gasteiger partial charge in [0, 0.05) is 47.0 Å². The van der Waals surface area contributed by atoms with Gasteiger partial charge in [-0.3, -0.25) is 4.90 Å². The Kier molecular flexibility index (Phi) is 3.65. The highest BCUT2D eigenvalue weighted by atomic mass is 32.1. The highest BCUT2D eigenvalue weighted by Crippen LogP contribution is 2.33. The quantitative estimate of drug-likeness (QED) is 0.562. The molecule has 0 aliphatic carbocycles.